The van der Waals surface area contributed by atoms with Crippen LogP contribution < -0.4 is 15.8 Å². The number of nitrogens with zero attached hydrogens (tertiary/aromatic N) is 4. The van der Waals surface area contributed by atoms with Crippen molar-refractivity contribution in [3.63, 3.8) is 0 Å². The summed E-state index contributed by atoms with van der Waals surface area (Å²) in [5.41, 5.74) is 1.06. The van der Waals surface area contributed by atoms with Gasteiger partial charge < -0.3 is 14.8 Å². The number of hydrogen-bond donors (Lipinski definition) is 1. The first kappa shape index (κ1) is 16.7. The van der Waals surface area contributed by atoms with Gasteiger partial charge in [0.2, 0.25) is 5.91 Å². The second-order valence-corrected chi connectivity index (χ2v) is 6.71. The molecule has 24 heavy (non-hydrogen) atoms. The molecule has 3 heterocycles. The van der Waals surface area contributed by atoms with Crippen molar-refractivity contribution in [2.75, 3.05) is 36.9 Å². The van der Waals surface area contributed by atoms with Crippen molar-refractivity contribution in [2.24, 2.45) is 7.05 Å². The molecule has 1 saturated heterocycles. The summed E-state index contributed by atoms with van der Waals surface area (Å²) in [6.45, 7) is 1.89. The lowest BCUT2D eigenvalue weighted by atomic mass is 10.2. The number of halogens is 1. The van der Waals surface area contributed by atoms with Crippen LogP contribution in [0.15, 0.2) is 39.9 Å². The Morgan fingerprint density at radius 2 is 2.00 bits per heavy atom. The third-order valence-electron chi connectivity index (χ3n) is 3.88. The lowest BCUT2D eigenvalue weighted by Gasteiger charge is -2.31. The molecule has 0 radical (unpaired) electrons. The number of amides is 1. The summed E-state index contributed by atoms with van der Waals surface area (Å²) in [4.78, 5) is 32.2. The monoisotopic (exact) mass is 391 g/mol. The number of rotatable bonds is 3. The zero-order valence-electron chi connectivity index (χ0n) is 13.5. The van der Waals surface area contributed by atoms with Gasteiger partial charge in [0.25, 0.3) is 5.56 Å². The highest BCUT2D eigenvalue weighted by molar-refractivity contribution is 9.10. The van der Waals surface area contributed by atoms with Gasteiger partial charge in [0.1, 0.15) is 11.5 Å². The van der Waals surface area contributed by atoms with E-state index in [-0.39, 0.29) is 11.5 Å². The second-order valence-electron chi connectivity index (χ2n) is 5.80. The van der Waals surface area contributed by atoms with E-state index in [0.29, 0.717) is 24.6 Å². The molecule has 126 valence electrons. The van der Waals surface area contributed by atoms with Gasteiger partial charge in [-0.2, -0.15) is 0 Å². The van der Waals surface area contributed by atoms with Crippen molar-refractivity contribution >= 4 is 39.0 Å². The van der Waals surface area contributed by atoms with Gasteiger partial charge >= 0.3 is 0 Å². The summed E-state index contributed by atoms with van der Waals surface area (Å²) in [5, 5.41) is 3.02. The van der Waals surface area contributed by atoms with Gasteiger partial charge in [-0.25, -0.2) is 4.98 Å². The number of aromatic nitrogens is 2. The first-order valence-electron chi connectivity index (χ1n) is 7.52. The number of likely N-dealkylation sites (N-methyl/N-ethyl adjacent to an activating group) is 1. The molecular formula is C16H18BrN5O2. The maximum absolute atomic E-state index is 12.1. The molecule has 0 aliphatic carbocycles. The van der Waals surface area contributed by atoms with Crippen LogP contribution in [0.4, 0.5) is 17.2 Å². The Morgan fingerprint density at radius 1 is 1.21 bits per heavy atom. The summed E-state index contributed by atoms with van der Waals surface area (Å²) in [5.74, 6) is 0.614. The van der Waals surface area contributed by atoms with Crippen molar-refractivity contribution < 1.29 is 4.79 Å². The lowest BCUT2D eigenvalue weighted by Crippen LogP contribution is -2.48. The fraction of sp³-hybridized carbons (Fsp3) is 0.312. The Hall–Kier alpha value is -2.19. The number of pyridine rings is 2. The molecule has 0 atom stereocenters. The summed E-state index contributed by atoms with van der Waals surface area (Å²) in [6.07, 6.45) is 3.34. The summed E-state index contributed by atoms with van der Waals surface area (Å²) in [7, 11) is 3.62. The van der Waals surface area contributed by atoms with Gasteiger partial charge in [-0.05, 0) is 41.2 Å². The average molecular weight is 392 g/mol. The number of hydrogen-bond acceptors (Lipinski definition) is 5. The van der Waals surface area contributed by atoms with Crippen LogP contribution in [0.1, 0.15) is 0 Å². The second kappa shape index (κ2) is 6.74. The van der Waals surface area contributed by atoms with E-state index in [1.807, 2.05) is 18.0 Å². The summed E-state index contributed by atoms with van der Waals surface area (Å²) >= 11 is 3.37. The first-order valence-corrected chi connectivity index (χ1v) is 8.31. The minimum Gasteiger partial charge on any atom is -0.336 e. The van der Waals surface area contributed by atoms with E-state index in [1.54, 1.807) is 36.5 Å². The van der Waals surface area contributed by atoms with E-state index in [4.69, 9.17) is 0 Å². The molecule has 0 aromatic carbocycles. The summed E-state index contributed by atoms with van der Waals surface area (Å²) < 4.78 is 2.29. The molecule has 0 saturated carbocycles. The molecule has 2 aromatic heterocycles. The average Bonchev–Trinajstić information content (AvgIpc) is 2.53. The maximum atomic E-state index is 12.1. The van der Waals surface area contributed by atoms with Crippen LogP contribution >= 0.6 is 15.9 Å². The third-order valence-corrected chi connectivity index (χ3v) is 4.32. The molecule has 7 nitrogen and oxygen atoms in total. The lowest BCUT2D eigenvalue weighted by molar-refractivity contribution is -0.120. The van der Waals surface area contributed by atoms with Crippen LogP contribution in [-0.2, 0) is 11.8 Å². The standard InChI is InChI=1S/C16H18BrN5O2/c1-20-5-6-22(15(23)10-20)12-3-4-14(18-8-12)19-13-7-11(17)9-21(2)16(13)24/h3-4,7-9H,5-6,10H2,1-2H3,(H,18,19). The fourth-order valence-electron chi connectivity index (χ4n) is 2.58. The first-order chi connectivity index (χ1) is 11.4. The zero-order chi connectivity index (χ0) is 17.3. The van der Waals surface area contributed by atoms with Gasteiger partial charge in [0.15, 0.2) is 0 Å². The van der Waals surface area contributed by atoms with E-state index in [2.05, 4.69) is 26.2 Å². The van der Waals surface area contributed by atoms with Crippen molar-refractivity contribution in [3.05, 3.63) is 45.4 Å². The van der Waals surface area contributed by atoms with Crippen LogP contribution in [0.25, 0.3) is 0 Å². The molecule has 0 unspecified atom stereocenters. The maximum Gasteiger partial charge on any atom is 0.274 e. The summed E-state index contributed by atoms with van der Waals surface area (Å²) in [6, 6.07) is 5.31. The van der Waals surface area contributed by atoms with Crippen LogP contribution in [0.2, 0.25) is 0 Å². The molecule has 0 bridgehead atoms. The van der Waals surface area contributed by atoms with Crippen LogP contribution in [0.5, 0.6) is 0 Å². The normalized spacial score (nSPS) is 15.6. The minimum absolute atomic E-state index is 0.0621. The van der Waals surface area contributed by atoms with Crippen molar-refractivity contribution in [3.8, 4) is 0 Å². The van der Waals surface area contributed by atoms with E-state index in [9.17, 15) is 9.59 Å². The van der Waals surface area contributed by atoms with Gasteiger partial charge in [-0.1, -0.05) is 0 Å². The number of carbonyl (C=O) groups excluding carboxylic acids is 1. The van der Waals surface area contributed by atoms with E-state index < -0.39 is 0 Å². The zero-order valence-corrected chi connectivity index (χ0v) is 15.1. The van der Waals surface area contributed by atoms with Crippen molar-refractivity contribution in [1.82, 2.24) is 14.5 Å². The Morgan fingerprint density at radius 3 is 2.67 bits per heavy atom. The Kier molecular flexibility index (Phi) is 4.68. The number of aryl methyl sites for hydroxylation is 1. The highest BCUT2D eigenvalue weighted by Crippen LogP contribution is 2.20. The van der Waals surface area contributed by atoms with Gasteiger partial charge in [-0.15, -0.1) is 0 Å². The molecule has 1 N–H and O–H groups in total. The van der Waals surface area contributed by atoms with Crippen LogP contribution in [0.3, 0.4) is 0 Å². The largest absolute Gasteiger partial charge is 0.336 e. The molecule has 1 aliphatic heterocycles. The van der Waals surface area contributed by atoms with Crippen LogP contribution in [0, 0.1) is 0 Å². The molecule has 8 heteroatoms. The molecule has 3 rings (SSSR count). The number of anilines is 3. The Balaban J connectivity index is 1.78. The van der Waals surface area contributed by atoms with Gasteiger partial charge in [0.05, 0.1) is 18.4 Å². The topological polar surface area (TPSA) is 70.5 Å². The fourth-order valence-corrected chi connectivity index (χ4v) is 3.12. The molecule has 1 fully saturated rings. The Labute approximate surface area is 148 Å². The SMILES string of the molecule is CN1CCN(c2ccc(Nc3cc(Br)cn(C)c3=O)nc2)C(=O)C1. The van der Waals surface area contributed by atoms with Crippen molar-refractivity contribution in [1.29, 1.82) is 0 Å². The molecular weight excluding hydrogens is 374 g/mol. The van der Waals surface area contributed by atoms with Crippen LogP contribution in [-0.4, -0.2) is 47.0 Å². The molecule has 0 spiro atoms. The molecule has 1 aliphatic rings. The van der Waals surface area contributed by atoms with Crippen molar-refractivity contribution in [2.45, 2.75) is 0 Å². The number of nitrogens with one attached hydrogen (secondary N) is 1. The van der Waals surface area contributed by atoms with E-state index >= 15 is 0 Å². The molecule has 1 amide bonds. The highest BCUT2D eigenvalue weighted by atomic mass is 79.9. The quantitative estimate of drug-likeness (QED) is 0.859. The van der Waals surface area contributed by atoms with E-state index in [0.717, 1.165) is 16.7 Å². The predicted octanol–water partition coefficient (Wildman–Crippen LogP) is 1.56. The number of piperazine rings is 1. The number of carbonyl (C=O) groups is 1. The van der Waals surface area contributed by atoms with Gasteiger partial charge in [0, 0.05) is 30.8 Å². The minimum atomic E-state index is -0.140. The Bertz CT molecular complexity index is 818. The predicted molar refractivity (Wildman–Crippen MR) is 96.8 cm³/mol. The third kappa shape index (κ3) is 3.49. The smallest absolute Gasteiger partial charge is 0.274 e. The molecule has 2 aromatic rings. The van der Waals surface area contributed by atoms with E-state index in [1.165, 1.54) is 4.57 Å². The van der Waals surface area contributed by atoms with Gasteiger partial charge in [-0.3, -0.25) is 14.5 Å². The highest BCUT2D eigenvalue weighted by Gasteiger charge is 2.22.